The van der Waals surface area contributed by atoms with Gasteiger partial charge in [0.1, 0.15) is 11.5 Å². The summed E-state index contributed by atoms with van der Waals surface area (Å²) in [6.07, 6.45) is 0. The Morgan fingerprint density at radius 1 is 1.04 bits per heavy atom. The molecule has 0 aliphatic carbocycles. The van der Waals surface area contributed by atoms with Crippen molar-refractivity contribution in [1.29, 1.82) is 0 Å². The monoisotopic (exact) mass is 333 g/mol. The first-order valence-corrected chi connectivity index (χ1v) is 8.75. The molecule has 23 heavy (non-hydrogen) atoms. The lowest BCUT2D eigenvalue weighted by Crippen LogP contribution is -2.45. The minimum atomic E-state index is 0.878. The Hall–Kier alpha value is -1.63. The van der Waals surface area contributed by atoms with Crippen molar-refractivity contribution in [2.45, 2.75) is 13.1 Å². The van der Waals surface area contributed by atoms with E-state index in [1.807, 2.05) is 17.6 Å². The fourth-order valence-corrected chi connectivity index (χ4v) is 3.45. The third kappa shape index (κ3) is 4.22. The number of hydrogen-bond donors (Lipinski definition) is 0. The Bertz CT molecular complexity index is 610. The van der Waals surface area contributed by atoms with E-state index in [-0.39, 0.29) is 0 Å². The predicted molar refractivity (Wildman–Crippen MR) is 92.2 cm³/mol. The third-order valence-corrected chi connectivity index (χ3v) is 4.85. The van der Waals surface area contributed by atoms with E-state index >= 15 is 0 Å². The summed E-state index contributed by atoms with van der Waals surface area (Å²) >= 11 is 1.66. The smallest absolute Gasteiger partial charge is 0.123 e. The average Bonchev–Trinajstić information content (AvgIpc) is 3.09. The Balaban J connectivity index is 1.56. The molecule has 1 saturated heterocycles. The predicted octanol–water partition coefficient (Wildman–Crippen LogP) is 2.48. The highest BCUT2D eigenvalue weighted by Gasteiger charge is 2.19. The molecule has 1 fully saturated rings. The number of methoxy groups -OCH3 is 2. The van der Waals surface area contributed by atoms with Gasteiger partial charge in [-0.3, -0.25) is 9.80 Å². The van der Waals surface area contributed by atoms with Crippen LogP contribution in [0.4, 0.5) is 0 Å². The van der Waals surface area contributed by atoms with Gasteiger partial charge in [-0.05, 0) is 18.2 Å². The first-order chi connectivity index (χ1) is 11.3. The number of aromatic nitrogens is 1. The third-order valence-electron chi connectivity index (χ3n) is 4.22. The molecule has 2 heterocycles. The second-order valence-electron chi connectivity index (χ2n) is 5.71. The number of thiazole rings is 1. The maximum absolute atomic E-state index is 5.48. The summed E-state index contributed by atoms with van der Waals surface area (Å²) in [7, 11) is 3.42. The van der Waals surface area contributed by atoms with Crippen molar-refractivity contribution < 1.29 is 9.47 Å². The summed E-state index contributed by atoms with van der Waals surface area (Å²) in [6, 6.07) is 5.99. The fraction of sp³-hybridized carbons (Fsp3) is 0.471. The number of rotatable bonds is 6. The second-order valence-corrected chi connectivity index (χ2v) is 6.43. The van der Waals surface area contributed by atoms with Crippen molar-refractivity contribution in [3.8, 4) is 11.5 Å². The maximum atomic E-state index is 5.48. The Kier molecular flexibility index (Phi) is 5.48. The molecule has 0 saturated carbocycles. The van der Waals surface area contributed by atoms with Crippen LogP contribution in [0.25, 0.3) is 0 Å². The van der Waals surface area contributed by atoms with Crippen LogP contribution in [0.15, 0.2) is 29.1 Å². The summed E-state index contributed by atoms with van der Waals surface area (Å²) in [5.41, 5.74) is 4.26. The molecule has 0 radical (unpaired) electrons. The van der Waals surface area contributed by atoms with Crippen molar-refractivity contribution in [2.75, 3.05) is 40.4 Å². The molecule has 0 amide bonds. The van der Waals surface area contributed by atoms with Crippen molar-refractivity contribution in [3.05, 3.63) is 40.3 Å². The Morgan fingerprint density at radius 2 is 1.78 bits per heavy atom. The zero-order chi connectivity index (χ0) is 16.1. The van der Waals surface area contributed by atoms with Gasteiger partial charge < -0.3 is 9.47 Å². The van der Waals surface area contributed by atoms with E-state index in [1.54, 1.807) is 25.6 Å². The molecule has 1 aliphatic rings. The van der Waals surface area contributed by atoms with Crippen molar-refractivity contribution in [2.24, 2.45) is 0 Å². The van der Waals surface area contributed by atoms with Gasteiger partial charge in [0, 0.05) is 50.2 Å². The molecule has 5 nitrogen and oxygen atoms in total. The molecule has 1 aromatic carbocycles. The zero-order valence-electron chi connectivity index (χ0n) is 13.7. The van der Waals surface area contributed by atoms with E-state index in [0.717, 1.165) is 50.8 Å². The summed E-state index contributed by atoms with van der Waals surface area (Å²) < 4.78 is 10.8. The van der Waals surface area contributed by atoms with Crippen LogP contribution in [0.2, 0.25) is 0 Å². The molecular formula is C17H23N3O2S. The van der Waals surface area contributed by atoms with Gasteiger partial charge in [0.15, 0.2) is 0 Å². The van der Waals surface area contributed by atoms with Crippen LogP contribution in [-0.4, -0.2) is 55.2 Å². The number of hydrogen-bond acceptors (Lipinski definition) is 6. The summed E-state index contributed by atoms with van der Waals surface area (Å²) in [5.74, 6) is 1.80. The molecular weight excluding hydrogens is 310 g/mol. The van der Waals surface area contributed by atoms with Gasteiger partial charge in [-0.2, -0.15) is 0 Å². The standard InChI is InChI=1S/C17H23N3O2S/c1-21-16-3-4-17(22-2)14(9-16)10-19-5-7-20(8-6-19)11-15-12-23-13-18-15/h3-4,9,12-13H,5-8,10-11H2,1-2H3. The van der Waals surface area contributed by atoms with Crippen LogP contribution in [0.1, 0.15) is 11.3 Å². The van der Waals surface area contributed by atoms with E-state index < -0.39 is 0 Å². The first kappa shape index (κ1) is 16.2. The highest BCUT2D eigenvalue weighted by Crippen LogP contribution is 2.25. The summed E-state index contributed by atoms with van der Waals surface area (Å²) in [6.45, 7) is 6.12. The van der Waals surface area contributed by atoms with E-state index in [4.69, 9.17) is 9.47 Å². The molecule has 0 N–H and O–H groups in total. The number of nitrogens with zero attached hydrogens (tertiary/aromatic N) is 3. The number of piperazine rings is 1. The van der Waals surface area contributed by atoms with Crippen LogP contribution in [0, 0.1) is 0 Å². The maximum Gasteiger partial charge on any atom is 0.123 e. The van der Waals surface area contributed by atoms with E-state index in [2.05, 4.69) is 26.2 Å². The molecule has 3 rings (SSSR count). The fourth-order valence-electron chi connectivity index (χ4n) is 2.90. The van der Waals surface area contributed by atoms with Crippen molar-refractivity contribution in [3.63, 3.8) is 0 Å². The quantitative estimate of drug-likeness (QED) is 0.812. The van der Waals surface area contributed by atoms with E-state index in [0.29, 0.717) is 0 Å². The van der Waals surface area contributed by atoms with Gasteiger partial charge >= 0.3 is 0 Å². The number of benzene rings is 1. The molecule has 6 heteroatoms. The number of ether oxygens (including phenoxy) is 2. The SMILES string of the molecule is COc1ccc(OC)c(CN2CCN(Cc3cscn3)CC2)c1. The minimum absolute atomic E-state index is 0.878. The lowest BCUT2D eigenvalue weighted by atomic mass is 10.1. The van der Waals surface area contributed by atoms with Crippen molar-refractivity contribution in [1.82, 2.24) is 14.8 Å². The second kappa shape index (κ2) is 7.77. The molecule has 0 unspecified atom stereocenters. The lowest BCUT2D eigenvalue weighted by Gasteiger charge is -2.34. The van der Waals surface area contributed by atoms with Crippen molar-refractivity contribution >= 4 is 11.3 Å². The Morgan fingerprint density at radius 3 is 2.39 bits per heavy atom. The highest BCUT2D eigenvalue weighted by molar-refractivity contribution is 7.07. The molecule has 0 spiro atoms. The molecule has 124 valence electrons. The van der Waals surface area contributed by atoms with Crippen LogP contribution in [0.5, 0.6) is 11.5 Å². The highest BCUT2D eigenvalue weighted by atomic mass is 32.1. The van der Waals surface area contributed by atoms with Gasteiger partial charge in [0.05, 0.1) is 25.4 Å². The van der Waals surface area contributed by atoms with Gasteiger partial charge in [-0.25, -0.2) is 4.98 Å². The van der Waals surface area contributed by atoms with E-state index in [1.165, 1.54) is 11.3 Å². The van der Waals surface area contributed by atoms with E-state index in [9.17, 15) is 0 Å². The van der Waals surface area contributed by atoms with Gasteiger partial charge in [-0.1, -0.05) is 0 Å². The summed E-state index contributed by atoms with van der Waals surface area (Å²) in [5, 5.41) is 2.13. The Labute approximate surface area is 141 Å². The molecule has 0 bridgehead atoms. The zero-order valence-corrected chi connectivity index (χ0v) is 14.5. The van der Waals surface area contributed by atoms with Crippen LogP contribution >= 0.6 is 11.3 Å². The van der Waals surface area contributed by atoms with Gasteiger partial charge in [-0.15, -0.1) is 11.3 Å². The molecule has 2 aromatic rings. The van der Waals surface area contributed by atoms with Crippen LogP contribution in [0.3, 0.4) is 0 Å². The topological polar surface area (TPSA) is 37.8 Å². The lowest BCUT2D eigenvalue weighted by molar-refractivity contribution is 0.120. The molecule has 1 aliphatic heterocycles. The summed E-state index contributed by atoms with van der Waals surface area (Å²) in [4.78, 5) is 9.31. The first-order valence-electron chi connectivity index (χ1n) is 7.81. The van der Waals surface area contributed by atoms with Crippen LogP contribution < -0.4 is 9.47 Å². The molecule has 1 aromatic heterocycles. The largest absolute Gasteiger partial charge is 0.497 e. The van der Waals surface area contributed by atoms with Gasteiger partial charge in [0.2, 0.25) is 0 Å². The van der Waals surface area contributed by atoms with Crippen LogP contribution in [-0.2, 0) is 13.1 Å². The molecule has 0 atom stereocenters. The minimum Gasteiger partial charge on any atom is -0.497 e. The average molecular weight is 333 g/mol. The van der Waals surface area contributed by atoms with Gasteiger partial charge in [0.25, 0.3) is 0 Å². The normalized spacial score (nSPS) is 16.4.